The second kappa shape index (κ2) is 8.30. The Morgan fingerprint density at radius 1 is 1.29 bits per heavy atom. The first-order chi connectivity index (χ1) is 8.30. The topological polar surface area (TPSA) is 23.5 Å². The summed E-state index contributed by atoms with van der Waals surface area (Å²) in [5.74, 6) is 5.62. The summed E-state index contributed by atoms with van der Waals surface area (Å²) in [6.45, 7) is 7.70. The molecule has 0 saturated heterocycles. The Labute approximate surface area is 108 Å². The molecule has 1 heterocycles. The van der Waals surface area contributed by atoms with Gasteiger partial charge in [0.2, 0.25) is 0 Å². The molecule has 3 heteroatoms. The van der Waals surface area contributed by atoms with Crippen LogP contribution in [-0.2, 0) is 6.54 Å². The van der Waals surface area contributed by atoms with Gasteiger partial charge in [-0.3, -0.25) is 4.90 Å². The van der Waals surface area contributed by atoms with Crippen molar-refractivity contribution in [3.8, 4) is 11.8 Å². The molecular weight excluding hydrogens is 230 g/mol. The van der Waals surface area contributed by atoms with Gasteiger partial charge in [-0.25, -0.2) is 0 Å². The summed E-state index contributed by atoms with van der Waals surface area (Å²) in [4.78, 5) is 3.84. The van der Waals surface area contributed by atoms with Crippen LogP contribution in [-0.4, -0.2) is 29.7 Å². The van der Waals surface area contributed by atoms with E-state index in [4.69, 9.17) is 5.11 Å². The average Bonchev–Trinajstić information content (AvgIpc) is 2.75. The van der Waals surface area contributed by atoms with Gasteiger partial charge >= 0.3 is 0 Å². The van der Waals surface area contributed by atoms with E-state index in [0.717, 1.165) is 25.2 Å². The third kappa shape index (κ3) is 5.36. The number of aliphatic hydroxyl groups is 1. The molecule has 0 aliphatic heterocycles. The van der Waals surface area contributed by atoms with Crippen LogP contribution in [0.4, 0.5) is 0 Å². The molecule has 1 aromatic heterocycles. The van der Waals surface area contributed by atoms with Crippen LogP contribution < -0.4 is 0 Å². The van der Waals surface area contributed by atoms with Crippen molar-refractivity contribution in [1.82, 2.24) is 4.90 Å². The summed E-state index contributed by atoms with van der Waals surface area (Å²) >= 11 is 1.75. The summed E-state index contributed by atoms with van der Waals surface area (Å²) < 4.78 is 0. The third-order valence-corrected chi connectivity index (χ3v) is 3.35. The highest BCUT2D eigenvalue weighted by Gasteiger charge is 2.05. The van der Waals surface area contributed by atoms with E-state index in [2.05, 4.69) is 42.0 Å². The standard InChI is InChI=1S/C14H21NOS/c1-3-7-15(8-4-2)11-14-10-13(12-17-14)6-5-9-16/h10,12,16H,3-4,7-9,11H2,1-2H3. The van der Waals surface area contributed by atoms with E-state index in [-0.39, 0.29) is 6.61 Å². The largest absolute Gasteiger partial charge is 0.384 e. The van der Waals surface area contributed by atoms with Crippen molar-refractivity contribution >= 4 is 11.3 Å². The minimum atomic E-state index is -0.0665. The molecule has 1 N–H and O–H groups in total. The van der Waals surface area contributed by atoms with Gasteiger partial charge in [0.15, 0.2) is 0 Å². The molecule has 0 bridgehead atoms. The zero-order valence-corrected chi connectivity index (χ0v) is 11.5. The lowest BCUT2D eigenvalue weighted by Crippen LogP contribution is -2.24. The van der Waals surface area contributed by atoms with Crippen molar-refractivity contribution in [2.45, 2.75) is 33.2 Å². The van der Waals surface area contributed by atoms with Gasteiger partial charge in [0.05, 0.1) is 0 Å². The summed E-state index contributed by atoms with van der Waals surface area (Å²) in [6.07, 6.45) is 2.39. The number of thiophene rings is 1. The Morgan fingerprint density at radius 2 is 2.00 bits per heavy atom. The molecule has 0 aliphatic rings. The fraction of sp³-hybridized carbons (Fsp3) is 0.571. The Bertz CT molecular complexity index is 369. The van der Waals surface area contributed by atoms with Crippen molar-refractivity contribution in [3.63, 3.8) is 0 Å². The first-order valence-electron chi connectivity index (χ1n) is 6.19. The smallest absolute Gasteiger partial charge is 0.104 e. The summed E-state index contributed by atoms with van der Waals surface area (Å²) in [6, 6.07) is 2.13. The van der Waals surface area contributed by atoms with Crippen molar-refractivity contribution in [2.75, 3.05) is 19.7 Å². The Kier molecular flexibility index (Phi) is 6.95. The lowest BCUT2D eigenvalue weighted by atomic mass is 10.3. The highest BCUT2D eigenvalue weighted by molar-refractivity contribution is 7.10. The van der Waals surface area contributed by atoms with Crippen LogP contribution in [0.3, 0.4) is 0 Å². The molecule has 94 valence electrons. The molecule has 0 amide bonds. The maximum atomic E-state index is 8.64. The van der Waals surface area contributed by atoms with Crippen LogP contribution >= 0.6 is 11.3 Å². The van der Waals surface area contributed by atoms with E-state index < -0.39 is 0 Å². The number of hydrogen-bond acceptors (Lipinski definition) is 3. The normalized spacial score (nSPS) is 10.4. The first-order valence-corrected chi connectivity index (χ1v) is 7.07. The lowest BCUT2D eigenvalue weighted by molar-refractivity contribution is 0.269. The minimum absolute atomic E-state index is 0.0665. The predicted molar refractivity (Wildman–Crippen MR) is 74.1 cm³/mol. The van der Waals surface area contributed by atoms with Gasteiger partial charge in [0.25, 0.3) is 0 Å². The molecule has 17 heavy (non-hydrogen) atoms. The third-order valence-electron chi connectivity index (χ3n) is 2.42. The molecule has 0 aromatic carbocycles. The highest BCUT2D eigenvalue weighted by atomic mass is 32.1. The lowest BCUT2D eigenvalue weighted by Gasteiger charge is -2.19. The zero-order chi connectivity index (χ0) is 12.5. The monoisotopic (exact) mass is 251 g/mol. The van der Waals surface area contributed by atoms with Crippen molar-refractivity contribution in [1.29, 1.82) is 0 Å². The number of aliphatic hydroxyl groups excluding tert-OH is 1. The van der Waals surface area contributed by atoms with E-state index in [9.17, 15) is 0 Å². The Morgan fingerprint density at radius 3 is 2.59 bits per heavy atom. The number of nitrogens with zero attached hydrogens (tertiary/aromatic N) is 1. The van der Waals surface area contributed by atoms with Crippen LogP contribution in [0.1, 0.15) is 37.1 Å². The second-order valence-electron chi connectivity index (χ2n) is 4.04. The number of rotatable bonds is 6. The molecule has 0 aliphatic carbocycles. The minimum Gasteiger partial charge on any atom is -0.384 e. The molecule has 1 rings (SSSR count). The molecular formula is C14H21NOS. The van der Waals surface area contributed by atoms with Crippen LogP contribution in [0.5, 0.6) is 0 Å². The van der Waals surface area contributed by atoms with E-state index >= 15 is 0 Å². The van der Waals surface area contributed by atoms with E-state index in [1.165, 1.54) is 17.7 Å². The van der Waals surface area contributed by atoms with Gasteiger partial charge in [-0.2, -0.15) is 0 Å². The van der Waals surface area contributed by atoms with Gasteiger partial charge in [0.1, 0.15) is 6.61 Å². The Hall–Kier alpha value is -0.820. The Balaban J connectivity index is 2.56. The molecule has 0 unspecified atom stereocenters. The quantitative estimate of drug-likeness (QED) is 0.786. The molecule has 0 saturated carbocycles. The van der Waals surface area contributed by atoms with Gasteiger partial charge in [-0.1, -0.05) is 25.7 Å². The van der Waals surface area contributed by atoms with Crippen LogP contribution in [0.25, 0.3) is 0 Å². The predicted octanol–water partition coefficient (Wildman–Crippen LogP) is 2.71. The molecule has 1 aromatic rings. The van der Waals surface area contributed by atoms with Crippen LogP contribution in [0.15, 0.2) is 11.4 Å². The average molecular weight is 251 g/mol. The van der Waals surface area contributed by atoms with Crippen LogP contribution in [0.2, 0.25) is 0 Å². The van der Waals surface area contributed by atoms with Gasteiger partial charge in [-0.05, 0) is 32.0 Å². The first kappa shape index (κ1) is 14.2. The van der Waals surface area contributed by atoms with Crippen molar-refractivity contribution in [3.05, 3.63) is 21.9 Å². The summed E-state index contributed by atoms with van der Waals surface area (Å²) in [7, 11) is 0. The maximum Gasteiger partial charge on any atom is 0.104 e. The van der Waals surface area contributed by atoms with Crippen LogP contribution in [0, 0.1) is 11.8 Å². The SMILES string of the molecule is CCCN(CCC)Cc1cc(C#CCO)cs1. The van der Waals surface area contributed by atoms with Crippen molar-refractivity contribution < 1.29 is 5.11 Å². The fourth-order valence-electron chi connectivity index (χ4n) is 1.79. The second-order valence-corrected chi connectivity index (χ2v) is 5.03. The summed E-state index contributed by atoms with van der Waals surface area (Å²) in [5, 5.41) is 10.7. The molecule has 0 fully saturated rings. The zero-order valence-electron chi connectivity index (χ0n) is 10.7. The van der Waals surface area contributed by atoms with Gasteiger partial charge in [-0.15, -0.1) is 11.3 Å². The number of hydrogen-bond donors (Lipinski definition) is 1. The maximum absolute atomic E-state index is 8.64. The van der Waals surface area contributed by atoms with E-state index in [0.29, 0.717) is 0 Å². The molecule has 0 atom stereocenters. The molecule has 0 spiro atoms. The summed E-state index contributed by atoms with van der Waals surface area (Å²) in [5.41, 5.74) is 1.02. The van der Waals surface area contributed by atoms with Crippen molar-refractivity contribution in [2.24, 2.45) is 0 Å². The van der Waals surface area contributed by atoms with Gasteiger partial charge < -0.3 is 5.11 Å². The van der Waals surface area contributed by atoms with E-state index in [1.54, 1.807) is 11.3 Å². The van der Waals surface area contributed by atoms with E-state index in [1.807, 2.05) is 0 Å². The fourth-order valence-corrected chi connectivity index (χ4v) is 2.65. The highest BCUT2D eigenvalue weighted by Crippen LogP contribution is 2.16. The van der Waals surface area contributed by atoms with Gasteiger partial charge in [0, 0.05) is 22.4 Å². The molecule has 2 nitrogen and oxygen atoms in total. The molecule has 0 radical (unpaired) electrons.